The lowest BCUT2D eigenvalue weighted by Crippen LogP contribution is -2.38. The molecule has 6 heteroatoms. The highest BCUT2D eigenvalue weighted by Crippen LogP contribution is 2.35. The highest BCUT2D eigenvalue weighted by atomic mass is 35.5. The molecule has 2 aromatic rings. The number of carbonyl (C=O) groups excluding carboxylic acids is 1. The fourth-order valence-electron chi connectivity index (χ4n) is 2.68. The number of esters is 1. The van der Waals surface area contributed by atoms with E-state index in [1.165, 1.54) is 0 Å². The fourth-order valence-corrected chi connectivity index (χ4v) is 2.68. The topological polar surface area (TPSA) is 70.8 Å². The van der Waals surface area contributed by atoms with E-state index in [4.69, 9.17) is 19.9 Å². The highest BCUT2D eigenvalue weighted by Gasteiger charge is 2.23. The second kappa shape index (κ2) is 9.62. The lowest BCUT2D eigenvalue weighted by molar-refractivity contribution is -0.156. The molecule has 2 aromatic carbocycles. The number of rotatable bonds is 6. The quantitative estimate of drug-likeness (QED) is 0.751. The molecule has 2 N–H and O–H groups in total. The van der Waals surface area contributed by atoms with Gasteiger partial charge in [-0.05, 0) is 50.5 Å². The van der Waals surface area contributed by atoms with Crippen LogP contribution in [0.25, 0.3) is 11.1 Å². The lowest BCUT2D eigenvalue weighted by atomic mass is 9.94. The van der Waals surface area contributed by atoms with Crippen LogP contribution in [-0.4, -0.2) is 31.8 Å². The molecule has 2 rings (SSSR count). The van der Waals surface area contributed by atoms with E-state index in [1.54, 1.807) is 14.2 Å². The molecular formula is C21H28ClNO4. The summed E-state index contributed by atoms with van der Waals surface area (Å²) in [5.74, 6) is 1.00. The Hall–Kier alpha value is -2.24. The van der Waals surface area contributed by atoms with E-state index in [0.717, 1.165) is 16.7 Å². The number of carbonyl (C=O) groups is 1. The Kier molecular flexibility index (Phi) is 8.13. The van der Waals surface area contributed by atoms with Crippen LogP contribution in [0.2, 0.25) is 0 Å². The molecule has 1 unspecified atom stereocenters. The summed E-state index contributed by atoms with van der Waals surface area (Å²) in [4.78, 5) is 12.2. The summed E-state index contributed by atoms with van der Waals surface area (Å²) in [6.07, 6.45) is 0.375. The molecule has 27 heavy (non-hydrogen) atoms. The van der Waals surface area contributed by atoms with Gasteiger partial charge in [-0.15, -0.1) is 12.4 Å². The van der Waals surface area contributed by atoms with Crippen molar-refractivity contribution in [2.45, 2.75) is 38.8 Å². The molecule has 0 amide bonds. The van der Waals surface area contributed by atoms with Gasteiger partial charge in [0.1, 0.15) is 23.1 Å². The Balaban J connectivity index is 0.00000364. The zero-order chi connectivity index (χ0) is 19.3. The van der Waals surface area contributed by atoms with E-state index in [0.29, 0.717) is 17.9 Å². The van der Waals surface area contributed by atoms with E-state index < -0.39 is 17.6 Å². The number of methoxy groups -OCH3 is 2. The number of hydrogen-bond donors (Lipinski definition) is 1. The Morgan fingerprint density at radius 1 is 1.04 bits per heavy atom. The first-order valence-electron chi connectivity index (χ1n) is 8.54. The van der Waals surface area contributed by atoms with Crippen molar-refractivity contribution >= 4 is 18.4 Å². The number of hydrogen-bond acceptors (Lipinski definition) is 5. The standard InChI is InChI=1S/C21H27NO4.ClH/c1-21(2,3)26-20(23)18(22)12-14-8-6-7-9-16(14)17-11-10-15(24-4)13-19(17)25-5;/h6-11,13,18H,12,22H2,1-5H3;1H. The Morgan fingerprint density at radius 3 is 2.30 bits per heavy atom. The van der Waals surface area contributed by atoms with Gasteiger partial charge in [-0.25, -0.2) is 0 Å². The summed E-state index contributed by atoms with van der Waals surface area (Å²) in [7, 11) is 3.23. The summed E-state index contributed by atoms with van der Waals surface area (Å²) in [6, 6.07) is 12.7. The highest BCUT2D eigenvalue weighted by molar-refractivity contribution is 5.85. The second-order valence-corrected chi connectivity index (χ2v) is 7.07. The van der Waals surface area contributed by atoms with Gasteiger partial charge in [-0.1, -0.05) is 24.3 Å². The smallest absolute Gasteiger partial charge is 0.323 e. The van der Waals surface area contributed by atoms with E-state index >= 15 is 0 Å². The van der Waals surface area contributed by atoms with Crippen molar-refractivity contribution in [3.05, 3.63) is 48.0 Å². The third-order valence-corrected chi connectivity index (χ3v) is 3.87. The van der Waals surface area contributed by atoms with E-state index in [1.807, 2.05) is 63.2 Å². The molecule has 148 valence electrons. The molecule has 0 aliphatic heterocycles. The minimum atomic E-state index is -0.736. The van der Waals surface area contributed by atoms with Gasteiger partial charge in [0.15, 0.2) is 0 Å². The van der Waals surface area contributed by atoms with Crippen molar-refractivity contribution in [3.8, 4) is 22.6 Å². The molecule has 0 aliphatic carbocycles. The van der Waals surface area contributed by atoms with Crippen molar-refractivity contribution in [1.29, 1.82) is 0 Å². The Morgan fingerprint density at radius 2 is 1.70 bits per heavy atom. The molecule has 0 saturated carbocycles. The van der Waals surface area contributed by atoms with Crippen molar-refractivity contribution in [2.24, 2.45) is 5.73 Å². The van der Waals surface area contributed by atoms with E-state index in [-0.39, 0.29) is 12.4 Å². The second-order valence-electron chi connectivity index (χ2n) is 7.07. The maximum atomic E-state index is 12.2. The number of ether oxygens (including phenoxy) is 3. The average molecular weight is 394 g/mol. The van der Waals surface area contributed by atoms with Gasteiger partial charge in [-0.2, -0.15) is 0 Å². The van der Waals surface area contributed by atoms with Gasteiger partial charge in [-0.3, -0.25) is 4.79 Å². The van der Waals surface area contributed by atoms with Gasteiger partial charge in [0.25, 0.3) is 0 Å². The number of halogens is 1. The van der Waals surface area contributed by atoms with Gasteiger partial charge in [0, 0.05) is 11.6 Å². The van der Waals surface area contributed by atoms with Crippen molar-refractivity contribution in [2.75, 3.05) is 14.2 Å². The Bertz CT molecular complexity index is 771. The fraction of sp³-hybridized carbons (Fsp3) is 0.381. The molecule has 0 heterocycles. The van der Waals surface area contributed by atoms with Crippen LogP contribution in [0.15, 0.2) is 42.5 Å². The zero-order valence-electron chi connectivity index (χ0n) is 16.4. The van der Waals surface area contributed by atoms with Crippen LogP contribution >= 0.6 is 12.4 Å². The molecule has 0 fully saturated rings. The van der Waals surface area contributed by atoms with Gasteiger partial charge < -0.3 is 19.9 Å². The average Bonchev–Trinajstić information content (AvgIpc) is 2.60. The first kappa shape index (κ1) is 22.8. The molecule has 0 aliphatic rings. The molecule has 5 nitrogen and oxygen atoms in total. The molecule has 1 atom stereocenters. The van der Waals surface area contributed by atoms with Gasteiger partial charge in [0.2, 0.25) is 0 Å². The summed E-state index contributed by atoms with van der Waals surface area (Å²) in [6.45, 7) is 5.48. The monoisotopic (exact) mass is 393 g/mol. The van der Waals surface area contributed by atoms with Gasteiger partial charge in [0.05, 0.1) is 14.2 Å². The van der Waals surface area contributed by atoms with Crippen LogP contribution in [0.4, 0.5) is 0 Å². The van der Waals surface area contributed by atoms with Crippen molar-refractivity contribution < 1.29 is 19.0 Å². The largest absolute Gasteiger partial charge is 0.497 e. The molecular weight excluding hydrogens is 366 g/mol. The predicted molar refractivity (Wildman–Crippen MR) is 110 cm³/mol. The third-order valence-electron chi connectivity index (χ3n) is 3.87. The van der Waals surface area contributed by atoms with Crippen molar-refractivity contribution in [1.82, 2.24) is 0 Å². The normalized spacial score (nSPS) is 11.9. The first-order chi connectivity index (χ1) is 12.2. The molecule has 0 aromatic heterocycles. The molecule has 0 spiro atoms. The maximum absolute atomic E-state index is 12.2. The van der Waals surface area contributed by atoms with Crippen LogP contribution in [0.1, 0.15) is 26.3 Å². The van der Waals surface area contributed by atoms with E-state index in [9.17, 15) is 4.79 Å². The first-order valence-corrected chi connectivity index (χ1v) is 8.54. The molecule has 0 bridgehead atoms. The Labute approximate surface area is 167 Å². The van der Waals surface area contributed by atoms with Crippen LogP contribution in [-0.2, 0) is 16.0 Å². The maximum Gasteiger partial charge on any atom is 0.323 e. The third kappa shape index (κ3) is 6.15. The molecule has 0 saturated heterocycles. The number of nitrogens with two attached hydrogens (primary N) is 1. The summed E-state index contributed by atoms with van der Waals surface area (Å²) in [5, 5.41) is 0. The SMILES string of the molecule is COc1ccc(-c2ccccc2CC(N)C(=O)OC(C)(C)C)c(OC)c1.Cl. The summed E-state index contributed by atoms with van der Waals surface area (Å²) in [5.41, 5.74) is 8.37. The van der Waals surface area contributed by atoms with Crippen LogP contribution in [0.3, 0.4) is 0 Å². The lowest BCUT2D eigenvalue weighted by Gasteiger charge is -2.23. The number of benzene rings is 2. The van der Waals surface area contributed by atoms with Crippen LogP contribution in [0, 0.1) is 0 Å². The van der Waals surface area contributed by atoms with Gasteiger partial charge >= 0.3 is 5.97 Å². The van der Waals surface area contributed by atoms with Crippen LogP contribution in [0.5, 0.6) is 11.5 Å². The molecule has 0 radical (unpaired) electrons. The van der Waals surface area contributed by atoms with E-state index in [2.05, 4.69) is 0 Å². The summed E-state index contributed by atoms with van der Waals surface area (Å²) >= 11 is 0. The summed E-state index contributed by atoms with van der Waals surface area (Å²) < 4.78 is 16.2. The minimum absolute atomic E-state index is 0. The van der Waals surface area contributed by atoms with Crippen LogP contribution < -0.4 is 15.2 Å². The minimum Gasteiger partial charge on any atom is -0.497 e. The zero-order valence-corrected chi connectivity index (χ0v) is 17.3. The predicted octanol–water partition coefficient (Wildman–Crippen LogP) is 4.00. The van der Waals surface area contributed by atoms with Crippen molar-refractivity contribution in [3.63, 3.8) is 0 Å².